The summed E-state index contributed by atoms with van der Waals surface area (Å²) < 4.78 is 0. The van der Waals surface area contributed by atoms with Gasteiger partial charge >= 0.3 is 0 Å². The lowest BCUT2D eigenvalue weighted by Gasteiger charge is -2.22. The third-order valence-corrected chi connectivity index (χ3v) is 3.69. The normalized spacial score (nSPS) is 13.2. The van der Waals surface area contributed by atoms with E-state index in [1.54, 1.807) is 11.3 Å². The largest absolute Gasteiger partial charge is 0.314 e. The molecule has 0 aliphatic rings. The minimum atomic E-state index is 0.667. The Bertz CT molecular complexity index is 257. The second kappa shape index (κ2) is 7.80. The molecule has 0 saturated carbocycles. The lowest BCUT2D eigenvalue weighted by atomic mass is 9.98. The summed E-state index contributed by atoms with van der Waals surface area (Å²) in [4.78, 5) is 4.32. The molecule has 0 spiro atoms. The minimum Gasteiger partial charge on any atom is -0.314 e. The molecule has 1 N–H and O–H groups in total. The van der Waals surface area contributed by atoms with Gasteiger partial charge in [-0.2, -0.15) is 0 Å². The van der Waals surface area contributed by atoms with Gasteiger partial charge in [-0.15, -0.1) is 11.3 Å². The Balaban J connectivity index is 2.21. The fourth-order valence-electron chi connectivity index (χ4n) is 1.85. The van der Waals surface area contributed by atoms with Gasteiger partial charge in [0.2, 0.25) is 0 Å². The molecule has 0 amide bonds. The Morgan fingerprint density at radius 3 is 2.81 bits per heavy atom. The number of aryl methyl sites for hydroxylation is 1. The Morgan fingerprint density at radius 1 is 1.44 bits per heavy atom. The van der Waals surface area contributed by atoms with Crippen molar-refractivity contribution < 1.29 is 0 Å². The zero-order chi connectivity index (χ0) is 11.8. The van der Waals surface area contributed by atoms with Gasteiger partial charge in [-0.1, -0.05) is 20.8 Å². The Labute approximate surface area is 103 Å². The molecule has 92 valence electrons. The first-order valence-corrected chi connectivity index (χ1v) is 7.23. The van der Waals surface area contributed by atoms with E-state index in [-0.39, 0.29) is 0 Å². The molecule has 1 rings (SSSR count). The van der Waals surface area contributed by atoms with Gasteiger partial charge in [0, 0.05) is 17.6 Å². The summed E-state index contributed by atoms with van der Waals surface area (Å²) in [5.41, 5.74) is 0. The number of rotatable bonds is 8. The van der Waals surface area contributed by atoms with Crippen LogP contribution in [0.2, 0.25) is 0 Å². The molecular weight excluding hydrogens is 216 g/mol. The van der Waals surface area contributed by atoms with Gasteiger partial charge in [-0.3, -0.25) is 0 Å². The zero-order valence-corrected chi connectivity index (χ0v) is 11.5. The first kappa shape index (κ1) is 13.7. The van der Waals surface area contributed by atoms with Crippen molar-refractivity contribution >= 4 is 11.3 Å². The molecule has 1 aromatic heterocycles. The number of nitrogens with one attached hydrogen (secondary N) is 1. The van der Waals surface area contributed by atoms with Crippen molar-refractivity contribution in [2.24, 2.45) is 5.92 Å². The molecule has 0 radical (unpaired) electrons. The average Bonchev–Trinajstić information content (AvgIpc) is 2.75. The molecule has 0 saturated heterocycles. The summed E-state index contributed by atoms with van der Waals surface area (Å²) in [5.74, 6) is 0.725. The van der Waals surface area contributed by atoms with Crippen LogP contribution in [0.1, 0.15) is 45.0 Å². The highest BCUT2D eigenvalue weighted by atomic mass is 32.1. The van der Waals surface area contributed by atoms with Crippen LogP contribution in [0.4, 0.5) is 0 Å². The molecule has 0 fully saturated rings. The molecule has 3 heteroatoms. The van der Waals surface area contributed by atoms with Crippen LogP contribution in [0.25, 0.3) is 0 Å². The summed E-state index contributed by atoms with van der Waals surface area (Å²) in [7, 11) is 0. The van der Waals surface area contributed by atoms with Crippen molar-refractivity contribution in [2.45, 2.75) is 52.5 Å². The molecule has 0 aliphatic carbocycles. The number of hydrogen-bond acceptors (Lipinski definition) is 3. The lowest BCUT2D eigenvalue weighted by Crippen LogP contribution is -2.34. The Hall–Kier alpha value is -0.410. The molecule has 16 heavy (non-hydrogen) atoms. The van der Waals surface area contributed by atoms with Crippen LogP contribution in [-0.4, -0.2) is 17.6 Å². The Kier molecular flexibility index (Phi) is 6.65. The molecule has 1 aromatic rings. The topological polar surface area (TPSA) is 24.9 Å². The van der Waals surface area contributed by atoms with Crippen LogP contribution < -0.4 is 5.32 Å². The molecule has 0 aliphatic heterocycles. The minimum absolute atomic E-state index is 0.667. The third-order valence-electron chi connectivity index (χ3n) is 2.85. The molecular formula is C13H24N2S. The van der Waals surface area contributed by atoms with Crippen molar-refractivity contribution in [3.05, 3.63) is 16.6 Å². The molecule has 2 nitrogen and oxygen atoms in total. The van der Waals surface area contributed by atoms with E-state index in [0.717, 1.165) is 18.9 Å². The van der Waals surface area contributed by atoms with Gasteiger partial charge in [0.05, 0.1) is 5.01 Å². The first-order chi connectivity index (χ1) is 7.74. The summed E-state index contributed by atoms with van der Waals surface area (Å²) in [6.07, 6.45) is 6.75. The number of thiazole rings is 1. The van der Waals surface area contributed by atoms with Gasteiger partial charge in [0.1, 0.15) is 0 Å². The van der Waals surface area contributed by atoms with Crippen molar-refractivity contribution in [3.8, 4) is 0 Å². The Morgan fingerprint density at radius 2 is 2.25 bits per heavy atom. The van der Waals surface area contributed by atoms with E-state index in [2.05, 4.69) is 36.5 Å². The quantitative estimate of drug-likeness (QED) is 0.752. The molecule has 0 bridgehead atoms. The highest BCUT2D eigenvalue weighted by molar-refractivity contribution is 7.09. The van der Waals surface area contributed by atoms with Gasteiger partial charge < -0.3 is 5.32 Å². The summed E-state index contributed by atoms with van der Waals surface area (Å²) in [6.45, 7) is 7.97. The highest BCUT2D eigenvalue weighted by Crippen LogP contribution is 2.13. The number of nitrogens with zero attached hydrogens (tertiary/aromatic N) is 1. The van der Waals surface area contributed by atoms with Crippen LogP contribution in [0.5, 0.6) is 0 Å². The van der Waals surface area contributed by atoms with Crippen LogP contribution in [-0.2, 0) is 6.42 Å². The number of hydrogen-bond donors (Lipinski definition) is 1. The lowest BCUT2D eigenvalue weighted by molar-refractivity contribution is 0.370. The maximum Gasteiger partial charge on any atom is 0.0924 e. The standard InChI is InChI=1S/C13H24N2S/c1-4-8-14-12(11(2)3)6-5-7-13-15-9-10-16-13/h9-12,14H,4-8H2,1-3H3. The molecule has 1 unspecified atom stereocenters. The predicted octanol–water partition coefficient (Wildman–Crippen LogP) is 3.49. The summed E-state index contributed by atoms with van der Waals surface area (Å²) in [5, 5.41) is 6.97. The van der Waals surface area contributed by atoms with Crippen molar-refractivity contribution in [1.82, 2.24) is 10.3 Å². The van der Waals surface area contributed by atoms with Gasteiger partial charge in [-0.25, -0.2) is 4.98 Å². The van der Waals surface area contributed by atoms with Gasteiger partial charge in [0.15, 0.2) is 0 Å². The second-order valence-corrected chi connectivity index (χ2v) is 5.60. The van der Waals surface area contributed by atoms with E-state index in [1.807, 2.05) is 6.20 Å². The maximum absolute atomic E-state index is 4.32. The third kappa shape index (κ3) is 5.08. The van der Waals surface area contributed by atoms with Crippen LogP contribution >= 0.6 is 11.3 Å². The highest BCUT2D eigenvalue weighted by Gasteiger charge is 2.11. The van der Waals surface area contributed by atoms with Crippen molar-refractivity contribution in [3.63, 3.8) is 0 Å². The van der Waals surface area contributed by atoms with E-state index in [9.17, 15) is 0 Å². The predicted molar refractivity (Wildman–Crippen MR) is 72.0 cm³/mol. The van der Waals surface area contributed by atoms with E-state index < -0.39 is 0 Å². The summed E-state index contributed by atoms with van der Waals surface area (Å²) >= 11 is 1.77. The van der Waals surface area contributed by atoms with Crippen LogP contribution in [0.3, 0.4) is 0 Å². The van der Waals surface area contributed by atoms with Crippen LogP contribution in [0, 0.1) is 5.92 Å². The van der Waals surface area contributed by atoms with Crippen molar-refractivity contribution in [2.75, 3.05) is 6.54 Å². The SMILES string of the molecule is CCCNC(CCCc1nccs1)C(C)C. The van der Waals surface area contributed by atoms with E-state index in [1.165, 1.54) is 24.3 Å². The van der Waals surface area contributed by atoms with E-state index >= 15 is 0 Å². The number of aromatic nitrogens is 1. The maximum atomic E-state index is 4.32. The fourth-order valence-corrected chi connectivity index (χ4v) is 2.51. The zero-order valence-electron chi connectivity index (χ0n) is 10.7. The van der Waals surface area contributed by atoms with Crippen molar-refractivity contribution in [1.29, 1.82) is 0 Å². The first-order valence-electron chi connectivity index (χ1n) is 6.35. The molecule has 1 heterocycles. The van der Waals surface area contributed by atoms with Gasteiger partial charge in [0.25, 0.3) is 0 Å². The monoisotopic (exact) mass is 240 g/mol. The van der Waals surface area contributed by atoms with E-state index in [4.69, 9.17) is 0 Å². The fraction of sp³-hybridized carbons (Fsp3) is 0.769. The van der Waals surface area contributed by atoms with Gasteiger partial charge in [-0.05, 0) is 38.1 Å². The average molecular weight is 240 g/mol. The molecule has 1 atom stereocenters. The van der Waals surface area contributed by atoms with Crippen LogP contribution in [0.15, 0.2) is 11.6 Å². The smallest absolute Gasteiger partial charge is 0.0924 e. The summed E-state index contributed by atoms with van der Waals surface area (Å²) in [6, 6.07) is 0.667. The second-order valence-electron chi connectivity index (χ2n) is 4.62. The van der Waals surface area contributed by atoms with E-state index in [0.29, 0.717) is 6.04 Å². The molecule has 0 aromatic carbocycles.